The first-order chi connectivity index (χ1) is 12.2. The van der Waals surface area contributed by atoms with Crippen LogP contribution in [0.5, 0.6) is 0 Å². The predicted molar refractivity (Wildman–Crippen MR) is 95.1 cm³/mol. The molecule has 0 N–H and O–H groups in total. The Hall–Kier alpha value is -2.14. The fraction of sp³-hybridized carbons (Fsp3) is 0.500. The number of aromatic nitrogens is 1. The highest BCUT2D eigenvalue weighted by Crippen LogP contribution is 2.38. The van der Waals surface area contributed by atoms with Gasteiger partial charge in [0.25, 0.3) is 5.91 Å². The first-order valence-corrected chi connectivity index (χ1v) is 9.18. The van der Waals surface area contributed by atoms with Gasteiger partial charge in [-0.25, -0.2) is 0 Å². The molecule has 0 unspecified atom stereocenters. The van der Waals surface area contributed by atoms with Crippen molar-refractivity contribution in [3.63, 3.8) is 0 Å². The van der Waals surface area contributed by atoms with E-state index in [0.29, 0.717) is 24.2 Å². The number of carbonyl (C=O) groups is 1. The molecule has 0 radical (unpaired) electrons. The zero-order valence-electron chi connectivity index (χ0n) is 14.7. The minimum Gasteiger partial charge on any atom is -0.359 e. The summed E-state index contributed by atoms with van der Waals surface area (Å²) in [6.07, 6.45) is 4.57. The Kier molecular flexibility index (Phi) is 4.57. The molecule has 2 bridgehead atoms. The number of rotatable bonds is 6. The summed E-state index contributed by atoms with van der Waals surface area (Å²) in [5.74, 6) is 1.49. The van der Waals surface area contributed by atoms with E-state index in [4.69, 9.17) is 4.52 Å². The molecule has 25 heavy (non-hydrogen) atoms. The van der Waals surface area contributed by atoms with Crippen LogP contribution in [-0.4, -0.2) is 47.0 Å². The molecule has 2 aliphatic rings. The lowest BCUT2D eigenvalue weighted by Gasteiger charge is -2.25. The van der Waals surface area contributed by atoms with E-state index in [1.165, 1.54) is 18.4 Å². The number of nitrogens with zero attached hydrogens (tertiary/aromatic N) is 3. The Bertz CT molecular complexity index is 728. The molecule has 4 rings (SSSR count). The van der Waals surface area contributed by atoms with Crippen molar-refractivity contribution in [3.8, 4) is 0 Å². The second kappa shape index (κ2) is 7.00. The van der Waals surface area contributed by atoms with E-state index in [-0.39, 0.29) is 5.91 Å². The molecule has 1 aliphatic heterocycles. The molecular formula is C20H25N3O2. The number of amides is 1. The van der Waals surface area contributed by atoms with E-state index in [9.17, 15) is 4.79 Å². The standard InChI is InChI=1S/C20H25N3O2/c1-22(10-9-15-5-3-2-4-6-15)14-18-12-19(21-25-18)20(24)23-13-16-7-8-17(23)11-16/h2-6,12,16-17H,7-11,13-14H2,1H3/t16-,17-/m1/s1. The summed E-state index contributed by atoms with van der Waals surface area (Å²) in [5.41, 5.74) is 1.78. The topological polar surface area (TPSA) is 49.6 Å². The van der Waals surface area contributed by atoms with Crippen molar-refractivity contribution >= 4 is 5.91 Å². The van der Waals surface area contributed by atoms with E-state index in [0.717, 1.165) is 31.7 Å². The zero-order chi connectivity index (χ0) is 17.2. The van der Waals surface area contributed by atoms with Crippen molar-refractivity contribution < 1.29 is 9.32 Å². The highest BCUT2D eigenvalue weighted by Gasteiger charge is 2.41. The van der Waals surface area contributed by atoms with Gasteiger partial charge in [0.1, 0.15) is 0 Å². The van der Waals surface area contributed by atoms with Crippen molar-refractivity contribution in [3.05, 3.63) is 53.4 Å². The van der Waals surface area contributed by atoms with Gasteiger partial charge in [-0.1, -0.05) is 35.5 Å². The molecule has 2 heterocycles. The molecular weight excluding hydrogens is 314 g/mol. The zero-order valence-corrected chi connectivity index (χ0v) is 14.7. The van der Waals surface area contributed by atoms with E-state index >= 15 is 0 Å². The largest absolute Gasteiger partial charge is 0.359 e. The SMILES string of the molecule is CN(CCc1ccccc1)Cc1cc(C(=O)N2C[C@@H]3CC[C@@H]2C3)no1. The number of benzene rings is 1. The van der Waals surface area contributed by atoms with Gasteiger partial charge in [-0.15, -0.1) is 0 Å². The molecule has 1 aromatic heterocycles. The van der Waals surface area contributed by atoms with E-state index in [2.05, 4.69) is 41.4 Å². The molecule has 1 saturated carbocycles. The van der Waals surface area contributed by atoms with Crippen molar-refractivity contribution in [2.45, 2.75) is 38.3 Å². The molecule has 2 atom stereocenters. The molecule has 1 amide bonds. The van der Waals surface area contributed by atoms with Crippen molar-refractivity contribution in [1.29, 1.82) is 0 Å². The van der Waals surface area contributed by atoms with Gasteiger partial charge in [0, 0.05) is 25.2 Å². The Morgan fingerprint density at radius 3 is 2.88 bits per heavy atom. The van der Waals surface area contributed by atoms with E-state index < -0.39 is 0 Å². The third kappa shape index (κ3) is 3.61. The Balaban J connectivity index is 1.31. The summed E-state index contributed by atoms with van der Waals surface area (Å²) >= 11 is 0. The number of piperidine rings is 1. The number of likely N-dealkylation sites (tertiary alicyclic amines) is 1. The first kappa shape index (κ1) is 16.3. The van der Waals surface area contributed by atoms with Crippen LogP contribution in [0.2, 0.25) is 0 Å². The normalized spacial score (nSPS) is 22.1. The summed E-state index contributed by atoms with van der Waals surface area (Å²) in [6, 6.07) is 12.7. The van der Waals surface area contributed by atoms with Gasteiger partial charge in [0.15, 0.2) is 11.5 Å². The average Bonchev–Trinajstić information content (AvgIpc) is 3.37. The Morgan fingerprint density at radius 1 is 1.32 bits per heavy atom. The maximum absolute atomic E-state index is 12.6. The van der Waals surface area contributed by atoms with Crippen LogP contribution >= 0.6 is 0 Å². The second-order valence-corrected chi connectivity index (χ2v) is 7.44. The summed E-state index contributed by atoms with van der Waals surface area (Å²) in [7, 11) is 2.06. The fourth-order valence-electron chi connectivity index (χ4n) is 4.12. The molecule has 1 saturated heterocycles. The van der Waals surface area contributed by atoms with Crippen molar-refractivity contribution in [2.75, 3.05) is 20.1 Å². The Morgan fingerprint density at radius 2 is 2.16 bits per heavy atom. The lowest BCUT2D eigenvalue weighted by Crippen LogP contribution is -2.37. The van der Waals surface area contributed by atoms with Gasteiger partial charge in [0.05, 0.1) is 6.54 Å². The van der Waals surface area contributed by atoms with Crippen molar-refractivity contribution in [1.82, 2.24) is 15.0 Å². The second-order valence-electron chi connectivity index (χ2n) is 7.44. The number of hydrogen-bond donors (Lipinski definition) is 0. The minimum atomic E-state index is 0.0362. The highest BCUT2D eigenvalue weighted by molar-refractivity contribution is 5.92. The number of carbonyl (C=O) groups excluding carboxylic acids is 1. The number of likely N-dealkylation sites (N-methyl/N-ethyl adjacent to an activating group) is 1. The third-order valence-corrected chi connectivity index (χ3v) is 5.50. The maximum atomic E-state index is 12.6. The van der Waals surface area contributed by atoms with Gasteiger partial charge in [-0.3, -0.25) is 9.69 Å². The van der Waals surface area contributed by atoms with Gasteiger partial charge >= 0.3 is 0 Å². The minimum absolute atomic E-state index is 0.0362. The molecule has 1 aliphatic carbocycles. The highest BCUT2D eigenvalue weighted by atomic mass is 16.5. The van der Waals surface area contributed by atoms with Crippen LogP contribution in [0.3, 0.4) is 0 Å². The summed E-state index contributed by atoms with van der Waals surface area (Å²) in [4.78, 5) is 16.8. The van der Waals surface area contributed by atoms with Gasteiger partial charge in [-0.2, -0.15) is 0 Å². The third-order valence-electron chi connectivity index (χ3n) is 5.50. The average molecular weight is 339 g/mol. The van der Waals surface area contributed by atoms with Crippen LogP contribution in [0, 0.1) is 5.92 Å². The van der Waals surface area contributed by atoms with Crippen LogP contribution < -0.4 is 0 Å². The van der Waals surface area contributed by atoms with Crippen LogP contribution in [0.25, 0.3) is 0 Å². The van der Waals surface area contributed by atoms with E-state index in [1.54, 1.807) is 0 Å². The molecule has 0 spiro atoms. The summed E-state index contributed by atoms with van der Waals surface area (Å²) in [5, 5.41) is 4.02. The van der Waals surface area contributed by atoms with Gasteiger partial charge in [0.2, 0.25) is 0 Å². The molecule has 2 fully saturated rings. The number of hydrogen-bond acceptors (Lipinski definition) is 4. The van der Waals surface area contributed by atoms with Gasteiger partial charge in [-0.05, 0) is 44.2 Å². The fourth-order valence-corrected chi connectivity index (χ4v) is 4.12. The number of fused-ring (bicyclic) bond motifs is 2. The van der Waals surface area contributed by atoms with Gasteiger partial charge < -0.3 is 9.42 Å². The van der Waals surface area contributed by atoms with Crippen molar-refractivity contribution in [2.24, 2.45) is 5.92 Å². The first-order valence-electron chi connectivity index (χ1n) is 9.18. The monoisotopic (exact) mass is 339 g/mol. The smallest absolute Gasteiger partial charge is 0.276 e. The maximum Gasteiger partial charge on any atom is 0.276 e. The predicted octanol–water partition coefficient (Wildman–Crippen LogP) is 2.97. The quantitative estimate of drug-likeness (QED) is 0.812. The molecule has 5 heteroatoms. The van der Waals surface area contributed by atoms with Crippen LogP contribution in [-0.2, 0) is 13.0 Å². The molecule has 2 aromatic rings. The summed E-state index contributed by atoms with van der Waals surface area (Å²) in [6.45, 7) is 2.49. The van der Waals surface area contributed by atoms with Crippen LogP contribution in [0.4, 0.5) is 0 Å². The lowest BCUT2D eigenvalue weighted by atomic mass is 10.1. The lowest BCUT2D eigenvalue weighted by molar-refractivity contribution is 0.0693. The molecule has 5 nitrogen and oxygen atoms in total. The molecule has 132 valence electrons. The van der Waals surface area contributed by atoms with Crippen LogP contribution in [0.1, 0.15) is 41.1 Å². The molecule has 1 aromatic carbocycles. The summed E-state index contributed by atoms with van der Waals surface area (Å²) < 4.78 is 5.41. The van der Waals surface area contributed by atoms with Crippen LogP contribution in [0.15, 0.2) is 40.9 Å². The Labute approximate surface area is 148 Å². The van der Waals surface area contributed by atoms with E-state index in [1.807, 2.05) is 17.0 Å².